The molecule has 1 aromatic carbocycles. The van der Waals surface area contributed by atoms with E-state index < -0.39 is 0 Å². The molecule has 3 fully saturated rings. The van der Waals surface area contributed by atoms with E-state index in [4.69, 9.17) is 14.7 Å². The van der Waals surface area contributed by atoms with Crippen molar-refractivity contribution in [2.45, 2.75) is 104 Å². The van der Waals surface area contributed by atoms with E-state index in [0.29, 0.717) is 48.4 Å². The molecule has 2 saturated carbocycles. The zero-order valence-electron chi connectivity index (χ0n) is 28.9. The van der Waals surface area contributed by atoms with Gasteiger partial charge in [-0.2, -0.15) is 0 Å². The molecule has 0 radical (unpaired) electrons. The Morgan fingerprint density at radius 1 is 1.00 bits per heavy atom. The fourth-order valence-corrected chi connectivity index (χ4v) is 8.14. The highest BCUT2D eigenvalue weighted by molar-refractivity contribution is 6.05. The number of carbonyl (C=O) groups is 2. The molecule has 9 heteroatoms. The van der Waals surface area contributed by atoms with Crippen LogP contribution in [0.2, 0.25) is 0 Å². The van der Waals surface area contributed by atoms with Gasteiger partial charge in [-0.15, -0.1) is 0 Å². The van der Waals surface area contributed by atoms with Crippen LogP contribution in [-0.4, -0.2) is 96.5 Å². The highest BCUT2D eigenvalue weighted by Crippen LogP contribution is 2.39. The summed E-state index contributed by atoms with van der Waals surface area (Å²) in [6, 6.07) is 6.39. The lowest BCUT2D eigenvalue weighted by Crippen LogP contribution is -2.55. The van der Waals surface area contributed by atoms with Gasteiger partial charge >= 0.3 is 0 Å². The quantitative estimate of drug-likeness (QED) is 0.301. The van der Waals surface area contributed by atoms with E-state index in [9.17, 15) is 9.59 Å². The Bertz CT molecular complexity index is 1410. The molecule has 0 N–H and O–H groups in total. The summed E-state index contributed by atoms with van der Waals surface area (Å²) in [5.41, 5.74) is 3.22. The minimum absolute atomic E-state index is 0.0792. The molecular formula is C37H54N6O3. The lowest BCUT2D eigenvalue weighted by Gasteiger charge is -2.43. The zero-order chi connectivity index (χ0) is 32.5. The number of fused-ring (bicyclic) bond motifs is 1. The lowest BCUT2D eigenvalue weighted by molar-refractivity contribution is -0.120. The Balaban J connectivity index is 1.08. The van der Waals surface area contributed by atoms with Gasteiger partial charge in [0.05, 0.1) is 12.8 Å². The van der Waals surface area contributed by atoms with Crippen molar-refractivity contribution in [2.75, 3.05) is 56.7 Å². The van der Waals surface area contributed by atoms with Gasteiger partial charge in [0.15, 0.2) is 11.6 Å². The van der Waals surface area contributed by atoms with Crippen molar-refractivity contribution >= 4 is 23.2 Å². The van der Waals surface area contributed by atoms with Crippen molar-refractivity contribution in [3.63, 3.8) is 0 Å². The standard InChI is InChI=1S/C37H54N6O3/c1-7-31-37(45)40(5)35-25(4)38-34(39-36(35)43(31)24(2)3)22-29-13-12-28(21-33(29)46-6)32(44)20-26-10-14-30(15-11-26)42-18-16-41(17-19-42)23-27-8-9-27/h12-13,21,24,26-27,30-31H,7-11,14-20,22-23H2,1-6H3/t26?,30?,31-/m0/s1. The highest BCUT2D eigenvalue weighted by Gasteiger charge is 2.39. The molecule has 2 aliphatic heterocycles. The predicted molar refractivity (Wildman–Crippen MR) is 183 cm³/mol. The average Bonchev–Trinajstić information content (AvgIpc) is 3.87. The maximum absolute atomic E-state index is 13.5. The molecule has 9 nitrogen and oxygen atoms in total. The molecule has 0 bridgehead atoms. The fraction of sp³-hybridized carbons (Fsp3) is 0.676. The van der Waals surface area contributed by atoms with Gasteiger partial charge in [-0.25, -0.2) is 9.97 Å². The van der Waals surface area contributed by atoms with Crippen molar-refractivity contribution in [3.05, 3.63) is 40.8 Å². The number of aromatic nitrogens is 2. The third-order valence-electron chi connectivity index (χ3n) is 10.9. The van der Waals surface area contributed by atoms with Crippen LogP contribution in [0.4, 0.5) is 11.5 Å². The molecule has 1 amide bonds. The number of piperazine rings is 1. The van der Waals surface area contributed by atoms with Crippen LogP contribution in [0.5, 0.6) is 5.75 Å². The number of aryl methyl sites for hydroxylation is 1. The number of ether oxygens (including phenoxy) is 1. The largest absolute Gasteiger partial charge is 0.496 e. The second kappa shape index (κ2) is 14.0. The number of amides is 1. The summed E-state index contributed by atoms with van der Waals surface area (Å²) in [7, 11) is 3.48. The Morgan fingerprint density at radius 2 is 1.70 bits per heavy atom. The van der Waals surface area contributed by atoms with E-state index in [1.165, 1.54) is 58.4 Å². The first-order chi connectivity index (χ1) is 22.2. The first-order valence-corrected chi connectivity index (χ1v) is 17.8. The number of methoxy groups -OCH3 is 1. The Morgan fingerprint density at radius 3 is 2.33 bits per heavy atom. The number of likely N-dealkylation sites (N-methyl/N-ethyl adjacent to an activating group) is 1. The highest BCUT2D eigenvalue weighted by atomic mass is 16.5. The van der Waals surface area contributed by atoms with Gasteiger partial charge in [-0.1, -0.05) is 19.1 Å². The molecule has 3 heterocycles. The number of hydrogen-bond acceptors (Lipinski definition) is 8. The van der Waals surface area contributed by atoms with Crippen LogP contribution in [-0.2, 0) is 11.2 Å². The lowest BCUT2D eigenvalue weighted by atomic mass is 9.81. The molecule has 6 rings (SSSR count). The molecule has 2 aliphatic carbocycles. The zero-order valence-corrected chi connectivity index (χ0v) is 28.9. The number of ketones is 1. The number of anilines is 2. The second-order valence-corrected chi connectivity index (χ2v) is 14.5. The molecule has 46 heavy (non-hydrogen) atoms. The van der Waals surface area contributed by atoms with Crippen LogP contribution in [0.1, 0.15) is 99.6 Å². The molecular weight excluding hydrogens is 576 g/mol. The molecule has 250 valence electrons. The van der Waals surface area contributed by atoms with Crippen LogP contribution in [0, 0.1) is 18.8 Å². The van der Waals surface area contributed by atoms with Gasteiger partial charge in [-0.05, 0) is 83.6 Å². The minimum atomic E-state index is -0.248. The Hall–Kier alpha value is -3.04. The van der Waals surface area contributed by atoms with Gasteiger partial charge in [0, 0.05) is 75.8 Å². The van der Waals surface area contributed by atoms with Gasteiger partial charge in [0.2, 0.25) is 5.91 Å². The SMILES string of the molecule is CC[C@H]1C(=O)N(C)c2c(C)nc(Cc3ccc(C(=O)CC4CCC(N5CCN(CC6CC6)CC5)CC4)cc3OC)nc2N1C(C)C. The number of nitrogens with zero attached hydrogens (tertiary/aromatic N) is 6. The molecule has 1 atom stereocenters. The van der Waals surface area contributed by atoms with Gasteiger partial charge in [0.25, 0.3) is 0 Å². The molecule has 4 aliphatic rings. The minimum Gasteiger partial charge on any atom is -0.496 e. The van der Waals surface area contributed by atoms with Gasteiger partial charge in [-0.3, -0.25) is 14.5 Å². The van der Waals surface area contributed by atoms with E-state index in [-0.39, 0.29) is 23.8 Å². The molecule has 1 aromatic heterocycles. The first kappa shape index (κ1) is 32.9. The second-order valence-electron chi connectivity index (χ2n) is 14.5. The number of hydrogen-bond donors (Lipinski definition) is 0. The Labute approximate surface area is 275 Å². The number of carbonyl (C=O) groups excluding carboxylic acids is 2. The van der Waals surface area contributed by atoms with E-state index >= 15 is 0 Å². The van der Waals surface area contributed by atoms with Crippen molar-refractivity contribution in [1.82, 2.24) is 19.8 Å². The number of Topliss-reactive ketones (excluding diaryl/α,β-unsaturated/α-hetero) is 1. The maximum Gasteiger partial charge on any atom is 0.249 e. The summed E-state index contributed by atoms with van der Waals surface area (Å²) in [5, 5.41) is 0. The summed E-state index contributed by atoms with van der Waals surface area (Å²) < 4.78 is 5.80. The normalized spacial score (nSPS) is 24.4. The van der Waals surface area contributed by atoms with Crippen molar-refractivity contribution in [2.24, 2.45) is 11.8 Å². The maximum atomic E-state index is 13.5. The van der Waals surface area contributed by atoms with Crippen molar-refractivity contribution < 1.29 is 14.3 Å². The number of rotatable bonds is 11. The van der Waals surface area contributed by atoms with E-state index in [1.807, 2.05) is 39.1 Å². The number of benzene rings is 1. The summed E-state index contributed by atoms with van der Waals surface area (Å²) >= 11 is 0. The van der Waals surface area contributed by atoms with Crippen LogP contribution < -0.4 is 14.5 Å². The molecule has 0 unspecified atom stereocenters. The average molecular weight is 631 g/mol. The Kier molecular flexibility index (Phi) is 9.99. The monoisotopic (exact) mass is 630 g/mol. The van der Waals surface area contributed by atoms with Crippen LogP contribution in [0.25, 0.3) is 0 Å². The summed E-state index contributed by atoms with van der Waals surface area (Å²) in [6.07, 6.45) is 9.35. The fourth-order valence-electron chi connectivity index (χ4n) is 8.14. The van der Waals surface area contributed by atoms with E-state index in [0.717, 1.165) is 41.5 Å². The first-order valence-electron chi connectivity index (χ1n) is 17.8. The molecule has 2 aromatic rings. The third kappa shape index (κ3) is 6.96. The third-order valence-corrected chi connectivity index (χ3v) is 10.9. The van der Waals surface area contributed by atoms with Crippen LogP contribution in [0.15, 0.2) is 18.2 Å². The van der Waals surface area contributed by atoms with Crippen LogP contribution in [0.3, 0.4) is 0 Å². The smallest absolute Gasteiger partial charge is 0.249 e. The topological polar surface area (TPSA) is 82.1 Å². The van der Waals surface area contributed by atoms with E-state index in [1.54, 1.807) is 12.0 Å². The molecule has 1 saturated heterocycles. The van der Waals surface area contributed by atoms with Crippen molar-refractivity contribution in [3.8, 4) is 5.75 Å². The van der Waals surface area contributed by atoms with Crippen molar-refractivity contribution in [1.29, 1.82) is 0 Å². The van der Waals surface area contributed by atoms with Crippen LogP contribution >= 0.6 is 0 Å². The summed E-state index contributed by atoms with van der Waals surface area (Å²) in [4.78, 5) is 45.7. The predicted octanol–water partition coefficient (Wildman–Crippen LogP) is 5.51. The van der Waals surface area contributed by atoms with Gasteiger partial charge in [0.1, 0.15) is 23.3 Å². The molecule has 0 spiro atoms. The van der Waals surface area contributed by atoms with E-state index in [2.05, 4.69) is 28.5 Å². The summed E-state index contributed by atoms with van der Waals surface area (Å²) in [6.45, 7) is 14.4. The van der Waals surface area contributed by atoms with Gasteiger partial charge < -0.3 is 19.4 Å². The summed E-state index contributed by atoms with van der Waals surface area (Å²) in [5.74, 6) is 3.89.